The Balaban J connectivity index is 1.09. The number of nitrogens with one attached hydrogen (secondary N) is 1. The topological polar surface area (TPSA) is 73.8 Å². The van der Waals surface area contributed by atoms with Crippen LogP contribution in [0.2, 0.25) is 0 Å². The number of nitrogens with zero attached hydrogens (tertiary/aromatic N) is 5. The van der Waals surface area contributed by atoms with Crippen LogP contribution in [0.4, 0.5) is 5.82 Å². The number of aromatic nitrogens is 2. The van der Waals surface area contributed by atoms with Crippen LogP contribution in [0.15, 0.2) is 65.8 Å². The maximum Gasteiger partial charge on any atom is 0.251 e. The van der Waals surface area contributed by atoms with Gasteiger partial charge in [-0.05, 0) is 37.1 Å². The van der Waals surface area contributed by atoms with E-state index >= 15 is 0 Å². The highest BCUT2D eigenvalue weighted by molar-refractivity contribution is 7.98. The maximum absolute atomic E-state index is 12.6. The fourth-order valence-corrected chi connectivity index (χ4v) is 6.00. The van der Waals surface area contributed by atoms with Crippen LogP contribution in [0.1, 0.15) is 32.7 Å². The van der Waals surface area contributed by atoms with Crippen LogP contribution in [0.25, 0.3) is 6.08 Å². The summed E-state index contributed by atoms with van der Waals surface area (Å²) in [5, 5.41) is 3.83. The van der Waals surface area contributed by atoms with Gasteiger partial charge in [0.15, 0.2) is 5.16 Å². The molecule has 2 fully saturated rings. The maximum atomic E-state index is 12.6. The predicted octanol–water partition coefficient (Wildman–Crippen LogP) is 4.28. The quantitative estimate of drug-likeness (QED) is 0.264. The molecule has 2 aliphatic heterocycles. The van der Waals surface area contributed by atoms with Gasteiger partial charge in [0.25, 0.3) is 5.91 Å². The number of morpholine rings is 1. The molecule has 2 aliphatic rings. The molecular formula is C33H42N6O2S. The van der Waals surface area contributed by atoms with Crippen LogP contribution in [0.5, 0.6) is 0 Å². The number of thioether (sulfide) groups is 1. The number of carbonyl (C=O) groups excluding carboxylic acids is 1. The number of anilines is 1. The van der Waals surface area contributed by atoms with Crippen LogP contribution in [-0.4, -0.2) is 97.8 Å². The number of piperazine rings is 1. The molecule has 0 radical (unpaired) electrons. The molecule has 1 amide bonds. The van der Waals surface area contributed by atoms with Crippen molar-refractivity contribution >= 4 is 29.6 Å². The van der Waals surface area contributed by atoms with Gasteiger partial charge in [-0.15, -0.1) is 0 Å². The summed E-state index contributed by atoms with van der Waals surface area (Å²) in [5.41, 5.74) is 5.25. The first kappa shape index (κ1) is 30.2. The molecule has 0 unspecified atom stereocenters. The lowest BCUT2D eigenvalue weighted by Crippen LogP contribution is -2.47. The average molecular weight is 587 g/mol. The summed E-state index contributed by atoms with van der Waals surface area (Å²) in [6.07, 6.45) is 4.45. The molecular weight excluding hydrogens is 544 g/mol. The second-order valence-electron chi connectivity index (χ2n) is 10.8. The minimum Gasteiger partial charge on any atom is -0.379 e. The molecule has 1 aromatic heterocycles. The smallest absolute Gasteiger partial charge is 0.251 e. The number of hydrogen-bond acceptors (Lipinski definition) is 8. The van der Waals surface area contributed by atoms with Crippen molar-refractivity contribution in [2.24, 2.45) is 0 Å². The van der Waals surface area contributed by atoms with Crippen molar-refractivity contribution in [3.05, 3.63) is 88.6 Å². The van der Waals surface area contributed by atoms with Gasteiger partial charge in [-0.25, -0.2) is 9.97 Å². The zero-order chi connectivity index (χ0) is 29.1. The molecule has 42 heavy (non-hydrogen) atoms. The molecule has 2 aromatic carbocycles. The minimum absolute atomic E-state index is 0.0306. The third-order valence-electron chi connectivity index (χ3n) is 7.89. The van der Waals surface area contributed by atoms with Crippen molar-refractivity contribution < 1.29 is 9.53 Å². The summed E-state index contributed by atoms with van der Waals surface area (Å²) >= 11 is 1.64. The molecule has 2 saturated heterocycles. The first-order valence-electron chi connectivity index (χ1n) is 14.9. The van der Waals surface area contributed by atoms with E-state index in [9.17, 15) is 4.79 Å². The first-order chi connectivity index (χ1) is 20.5. The average Bonchev–Trinajstić information content (AvgIpc) is 3.03. The SMILES string of the molecule is Cc1nc(SCc2ccc(C(=O)NCCN3CCOCC3)cc2)nc(N2CCN(C/C=C/c3ccccc3)CC2)c1C. The Bertz CT molecular complexity index is 1320. The van der Waals surface area contributed by atoms with Crippen molar-refractivity contribution in [1.29, 1.82) is 0 Å². The Hall–Kier alpha value is -3.24. The highest BCUT2D eigenvalue weighted by Gasteiger charge is 2.21. The molecule has 3 aromatic rings. The molecule has 8 nitrogen and oxygen atoms in total. The summed E-state index contributed by atoms with van der Waals surface area (Å²) in [5.74, 6) is 1.77. The van der Waals surface area contributed by atoms with Crippen molar-refractivity contribution in [1.82, 2.24) is 25.1 Å². The molecule has 0 aliphatic carbocycles. The van der Waals surface area contributed by atoms with Crippen molar-refractivity contribution in [3.63, 3.8) is 0 Å². The van der Waals surface area contributed by atoms with Crippen molar-refractivity contribution in [2.45, 2.75) is 24.8 Å². The lowest BCUT2D eigenvalue weighted by molar-refractivity contribution is 0.0383. The number of ether oxygens (including phenoxy) is 1. The Kier molecular flexibility index (Phi) is 11.0. The second kappa shape index (κ2) is 15.3. The molecule has 0 saturated carbocycles. The third kappa shape index (κ3) is 8.64. The molecule has 5 rings (SSSR count). The van der Waals surface area contributed by atoms with Crippen molar-refractivity contribution in [3.8, 4) is 0 Å². The molecule has 0 spiro atoms. The van der Waals surface area contributed by atoms with Crippen LogP contribution < -0.4 is 10.2 Å². The van der Waals surface area contributed by atoms with Gasteiger partial charge in [-0.2, -0.15) is 0 Å². The van der Waals surface area contributed by atoms with Crippen LogP contribution in [-0.2, 0) is 10.5 Å². The Morgan fingerprint density at radius 1 is 0.929 bits per heavy atom. The van der Waals surface area contributed by atoms with Gasteiger partial charge in [0.2, 0.25) is 0 Å². The highest BCUT2D eigenvalue weighted by Crippen LogP contribution is 2.27. The summed E-state index contributed by atoms with van der Waals surface area (Å²) in [6, 6.07) is 18.3. The van der Waals surface area contributed by atoms with Crippen molar-refractivity contribution in [2.75, 3.05) is 77.0 Å². The van der Waals surface area contributed by atoms with Crippen LogP contribution in [0.3, 0.4) is 0 Å². The summed E-state index contributed by atoms with van der Waals surface area (Å²) in [6.45, 7) is 14.0. The predicted molar refractivity (Wildman–Crippen MR) is 171 cm³/mol. The first-order valence-corrected chi connectivity index (χ1v) is 15.9. The number of benzene rings is 2. The van der Waals surface area contributed by atoms with E-state index in [2.05, 4.69) is 70.3 Å². The number of hydrogen-bond donors (Lipinski definition) is 1. The zero-order valence-corrected chi connectivity index (χ0v) is 25.6. The van der Waals surface area contributed by atoms with E-state index in [4.69, 9.17) is 14.7 Å². The van der Waals surface area contributed by atoms with Gasteiger partial charge in [-0.1, -0.05) is 66.4 Å². The number of aryl methyl sites for hydroxylation is 1. The van der Waals surface area contributed by atoms with Gasteiger partial charge in [-0.3, -0.25) is 14.6 Å². The molecule has 9 heteroatoms. The van der Waals surface area contributed by atoms with Gasteiger partial charge >= 0.3 is 0 Å². The Morgan fingerprint density at radius 2 is 1.67 bits per heavy atom. The summed E-state index contributed by atoms with van der Waals surface area (Å²) in [7, 11) is 0. The van der Waals surface area contributed by atoms with Gasteiger partial charge in [0.05, 0.1) is 13.2 Å². The lowest BCUT2D eigenvalue weighted by atomic mass is 10.1. The fraction of sp³-hybridized carbons (Fsp3) is 0.424. The number of amides is 1. The summed E-state index contributed by atoms with van der Waals surface area (Å²) < 4.78 is 5.38. The Morgan fingerprint density at radius 3 is 2.40 bits per heavy atom. The highest BCUT2D eigenvalue weighted by atomic mass is 32.2. The van der Waals surface area contributed by atoms with Gasteiger partial charge < -0.3 is 15.0 Å². The summed E-state index contributed by atoms with van der Waals surface area (Å²) in [4.78, 5) is 29.5. The lowest BCUT2D eigenvalue weighted by Gasteiger charge is -2.35. The van der Waals surface area contributed by atoms with E-state index in [0.29, 0.717) is 12.1 Å². The largest absolute Gasteiger partial charge is 0.379 e. The van der Waals surface area contributed by atoms with Crippen LogP contribution in [0, 0.1) is 13.8 Å². The fourth-order valence-electron chi connectivity index (χ4n) is 5.16. The Labute approximate surface area is 254 Å². The normalized spacial score (nSPS) is 16.7. The standard InChI is InChI=1S/C33H42N6O2S/c1-26-27(2)35-33(36-31(26)39-19-17-37(18-20-39)15-6-9-28-7-4-3-5-8-28)42-25-29-10-12-30(13-11-29)32(40)34-14-16-38-21-23-41-24-22-38/h3-13H,14-25H2,1-2H3,(H,34,40)/b9-6+. The van der Waals surface area contributed by atoms with Gasteiger partial charge in [0.1, 0.15) is 5.82 Å². The van der Waals surface area contributed by atoms with E-state index < -0.39 is 0 Å². The number of rotatable bonds is 11. The number of carbonyl (C=O) groups is 1. The molecule has 0 atom stereocenters. The van der Waals surface area contributed by atoms with Gasteiger partial charge in [0, 0.05) is 81.5 Å². The monoisotopic (exact) mass is 586 g/mol. The van der Waals surface area contributed by atoms with E-state index in [1.807, 2.05) is 30.3 Å². The molecule has 1 N–H and O–H groups in total. The van der Waals surface area contributed by atoms with E-state index in [-0.39, 0.29) is 5.91 Å². The van der Waals surface area contributed by atoms with E-state index in [1.54, 1.807) is 11.8 Å². The second-order valence-corrected chi connectivity index (χ2v) is 11.8. The third-order valence-corrected chi connectivity index (χ3v) is 8.81. The van der Waals surface area contributed by atoms with E-state index in [0.717, 1.165) is 99.1 Å². The molecule has 0 bridgehead atoms. The van der Waals surface area contributed by atoms with Crippen LogP contribution >= 0.6 is 11.8 Å². The minimum atomic E-state index is -0.0306. The molecule has 3 heterocycles. The molecule has 222 valence electrons. The van der Waals surface area contributed by atoms with E-state index in [1.165, 1.54) is 5.56 Å². The zero-order valence-electron chi connectivity index (χ0n) is 24.8.